The van der Waals surface area contributed by atoms with Crippen LogP contribution in [0.15, 0.2) is 11.0 Å². The fourth-order valence-corrected chi connectivity index (χ4v) is 6.02. The predicted octanol–water partition coefficient (Wildman–Crippen LogP) is -2.11. The van der Waals surface area contributed by atoms with Gasteiger partial charge in [-0.05, 0) is 6.92 Å². The maximum Gasteiger partial charge on any atom is 0.490 e. The number of anilines is 1. The zero-order valence-corrected chi connectivity index (χ0v) is 18.9. The van der Waals surface area contributed by atoms with E-state index in [-0.39, 0.29) is 17.3 Å². The van der Waals surface area contributed by atoms with Crippen molar-refractivity contribution in [3.8, 4) is 0 Å². The molecule has 19 nitrogen and oxygen atoms in total. The van der Waals surface area contributed by atoms with Crippen molar-refractivity contribution in [1.82, 2.24) is 19.6 Å². The molecule has 0 aliphatic carbocycles. The van der Waals surface area contributed by atoms with E-state index in [2.05, 4.69) is 28.2 Å². The van der Waals surface area contributed by atoms with E-state index in [0.717, 1.165) is 17.6 Å². The second kappa shape index (κ2) is 8.58. The van der Waals surface area contributed by atoms with Gasteiger partial charge in [-0.3, -0.25) is 14.3 Å². The molecule has 3 heterocycles. The Hall–Kier alpha value is -1.56. The summed E-state index contributed by atoms with van der Waals surface area (Å²) in [5.41, 5.74) is 2.43. The lowest BCUT2D eigenvalue weighted by Gasteiger charge is -2.26. The van der Waals surface area contributed by atoms with Crippen LogP contribution in [0.2, 0.25) is 0 Å². The van der Waals surface area contributed by atoms with Crippen LogP contribution < -0.4 is 11.3 Å². The van der Waals surface area contributed by atoms with Crippen LogP contribution in [-0.2, 0) is 31.6 Å². The molecule has 0 spiro atoms. The fourth-order valence-electron chi connectivity index (χ4n) is 2.99. The molecule has 0 aromatic carbocycles. The van der Waals surface area contributed by atoms with Crippen LogP contribution in [0.5, 0.6) is 0 Å². The van der Waals surface area contributed by atoms with Gasteiger partial charge in [-0.25, -0.2) is 23.2 Å². The van der Waals surface area contributed by atoms with Gasteiger partial charge in [0.2, 0.25) is 11.6 Å². The van der Waals surface area contributed by atoms with Crippen molar-refractivity contribution >= 4 is 35.1 Å². The minimum atomic E-state index is -5.74. The Labute approximate surface area is 182 Å². The molecule has 1 aliphatic heterocycles. The number of hydrogen-bond donors (Lipinski definition) is 8. The number of imidazole rings is 1. The van der Waals surface area contributed by atoms with Gasteiger partial charge < -0.3 is 40.3 Å². The van der Waals surface area contributed by atoms with Crippen LogP contribution in [-0.4, -0.2) is 73.8 Å². The Bertz CT molecular complexity index is 1250. The number of aromatic nitrogens is 4. The highest BCUT2D eigenvalue weighted by atomic mass is 31.3. The molecule has 1 saturated heterocycles. The third kappa shape index (κ3) is 5.75. The number of nitrogens with one attached hydrogen (secondary N) is 1. The molecule has 0 radical (unpaired) electrons. The third-order valence-electron chi connectivity index (χ3n) is 4.30. The summed E-state index contributed by atoms with van der Waals surface area (Å²) < 4.78 is 51.9. The van der Waals surface area contributed by atoms with Crippen LogP contribution in [0.3, 0.4) is 0 Å². The summed E-state index contributed by atoms with van der Waals surface area (Å²) in [5.74, 6) is -0.297. The molecule has 9 N–H and O–H groups in total. The van der Waals surface area contributed by atoms with Gasteiger partial charge in [0.1, 0.15) is 23.9 Å². The molecule has 3 rings (SSSR count). The summed E-state index contributed by atoms with van der Waals surface area (Å²) in [4.78, 5) is 53.7. The molecule has 2 unspecified atom stereocenters. The van der Waals surface area contributed by atoms with Crippen LogP contribution in [0, 0.1) is 0 Å². The van der Waals surface area contributed by atoms with Crippen LogP contribution in [0.4, 0.5) is 5.95 Å². The van der Waals surface area contributed by atoms with E-state index < -0.39 is 59.5 Å². The van der Waals surface area contributed by atoms with E-state index in [1.165, 1.54) is 0 Å². The second-order valence-corrected chi connectivity index (χ2v) is 11.3. The first kappa shape index (κ1) is 26.1. The van der Waals surface area contributed by atoms with E-state index in [1.807, 2.05) is 0 Å². The predicted molar refractivity (Wildman–Crippen MR) is 102 cm³/mol. The fraction of sp³-hybridized carbons (Fsp3) is 0.545. The average molecular weight is 537 g/mol. The minimum Gasteiger partial charge on any atom is -0.387 e. The lowest BCUT2D eigenvalue weighted by Crippen LogP contribution is -2.43. The summed E-state index contributed by atoms with van der Waals surface area (Å²) in [6.45, 7) is 0.105. The number of fused-ring (bicyclic) bond motifs is 1. The molecule has 0 amide bonds. The molecule has 0 saturated carbocycles. The molecular weight excluding hydrogens is 519 g/mol. The number of nitrogen functional groups attached to an aromatic ring is 1. The Balaban J connectivity index is 1.78. The maximum absolute atomic E-state index is 11.9. The first-order valence-corrected chi connectivity index (χ1v) is 13.0. The molecule has 33 heavy (non-hydrogen) atoms. The molecule has 2 aromatic heterocycles. The smallest absolute Gasteiger partial charge is 0.387 e. The van der Waals surface area contributed by atoms with E-state index in [4.69, 9.17) is 25.2 Å². The summed E-state index contributed by atoms with van der Waals surface area (Å²) >= 11 is 0. The number of rotatable bonds is 8. The Kier molecular flexibility index (Phi) is 6.78. The number of H-pyrrole nitrogens is 1. The molecule has 186 valence electrons. The van der Waals surface area contributed by atoms with Crippen LogP contribution >= 0.6 is 23.5 Å². The van der Waals surface area contributed by atoms with Crippen molar-refractivity contribution in [1.29, 1.82) is 0 Å². The molecule has 1 fully saturated rings. The van der Waals surface area contributed by atoms with E-state index in [9.17, 15) is 33.6 Å². The van der Waals surface area contributed by atoms with Crippen molar-refractivity contribution in [3.05, 3.63) is 22.2 Å². The highest BCUT2D eigenvalue weighted by Crippen LogP contribution is 2.66. The quantitative estimate of drug-likeness (QED) is 0.167. The summed E-state index contributed by atoms with van der Waals surface area (Å²) in [6, 6.07) is 0. The number of phosphoric acid groups is 3. The lowest BCUT2D eigenvalue weighted by molar-refractivity contribution is -0.0665. The van der Waals surface area contributed by atoms with Gasteiger partial charge in [-0.15, -0.1) is 5.10 Å². The maximum atomic E-state index is 11.9. The van der Waals surface area contributed by atoms with Crippen LogP contribution in [0.25, 0.3) is 5.65 Å². The topological polar surface area (TPSA) is 299 Å². The number of aromatic amines is 1. The monoisotopic (exact) mass is 537 g/mol. The highest BCUT2D eigenvalue weighted by molar-refractivity contribution is 7.66. The molecule has 2 aromatic rings. The normalized spacial score (nSPS) is 29.7. The highest BCUT2D eigenvalue weighted by Gasteiger charge is 2.54. The zero-order valence-electron chi connectivity index (χ0n) is 16.2. The molecular formula is C11H18N5O14P3. The molecule has 6 atom stereocenters. The van der Waals surface area contributed by atoms with E-state index in [1.54, 1.807) is 0 Å². The van der Waals surface area contributed by atoms with Crippen molar-refractivity contribution in [3.63, 3.8) is 0 Å². The Morgan fingerprint density at radius 2 is 1.88 bits per heavy atom. The lowest BCUT2D eigenvalue weighted by atomic mass is 9.91. The number of ether oxygens (including phenoxy) is 1. The number of nitrogens with zero attached hydrogens (tertiary/aromatic N) is 3. The van der Waals surface area contributed by atoms with Gasteiger partial charge in [0, 0.05) is 0 Å². The largest absolute Gasteiger partial charge is 0.490 e. The third-order valence-corrected chi connectivity index (χ3v) is 8.10. The molecule has 0 bridgehead atoms. The number of aliphatic hydroxyl groups excluding tert-OH is 1. The van der Waals surface area contributed by atoms with Gasteiger partial charge in [0.25, 0.3) is 5.56 Å². The number of hydrogen-bond acceptors (Lipinski definition) is 13. The Morgan fingerprint density at radius 1 is 1.24 bits per heavy atom. The number of nitrogens with two attached hydrogens (primary N) is 1. The summed E-state index contributed by atoms with van der Waals surface area (Å²) in [6.07, 6.45) is -3.67. The first-order valence-electron chi connectivity index (χ1n) is 8.49. The summed E-state index contributed by atoms with van der Waals surface area (Å²) in [7, 11) is -16.8. The first-order chi connectivity index (χ1) is 14.9. The summed E-state index contributed by atoms with van der Waals surface area (Å²) in [5, 5.41) is 25.0. The zero-order chi connectivity index (χ0) is 25.0. The number of aliphatic hydroxyl groups is 2. The minimum absolute atomic E-state index is 0.0346. The second-order valence-electron chi connectivity index (χ2n) is 6.87. The Morgan fingerprint density at radius 3 is 2.48 bits per heavy atom. The van der Waals surface area contributed by atoms with Crippen molar-refractivity contribution in [2.24, 2.45) is 0 Å². The average Bonchev–Trinajstić information content (AvgIpc) is 3.10. The molecule has 22 heteroatoms. The van der Waals surface area contributed by atoms with Crippen molar-refractivity contribution < 1.29 is 61.4 Å². The van der Waals surface area contributed by atoms with Gasteiger partial charge in [0.15, 0.2) is 0 Å². The standard InChI is InChI=1S/C11H18N5O14P3/c1-11(19)6(17)5(3-27-32(23,24)30-33(25,26)29-31(20,21)22)28-7(11)4-2-13-8-9(18)14-10(12)15-16(4)8/h2,5-7,17,19H,3H2,1H3,(H,23,24)(H,25,26)(H2,20,21,22)(H3,12,14,15,18)/t5-,6-,7+,11-/m1/s1. The number of phosphoric ester groups is 1. The SMILES string of the molecule is C[C@@]1(O)[C@H](O)[C@@H](COP(=O)(O)OP(=O)(O)OP(=O)(O)O)O[C@H]1c1cnc2c(=O)[nH]c(N)nn12. The van der Waals surface area contributed by atoms with Gasteiger partial charge in [-0.2, -0.15) is 8.62 Å². The van der Waals surface area contributed by atoms with Crippen LogP contribution in [0.1, 0.15) is 18.7 Å². The van der Waals surface area contributed by atoms with E-state index >= 15 is 0 Å². The van der Waals surface area contributed by atoms with E-state index in [0.29, 0.717) is 0 Å². The van der Waals surface area contributed by atoms with Gasteiger partial charge in [0.05, 0.1) is 18.5 Å². The molecule has 1 aliphatic rings. The van der Waals surface area contributed by atoms with Crippen molar-refractivity contribution in [2.45, 2.75) is 30.8 Å². The van der Waals surface area contributed by atoms with Gasteiger partial charge >= 0.3 is 23.5 Å². The van der Waals surface area contributed by atoms with Crippen molar-refractivity contribution in [2.75, 3.05) is 12.3 Å². The van der Waals surface area contributed by atoms with Gasteiger partial charge in [-0.1, -0.05) is 0 Å².